The molecule has 3 heterocycles. The average Bonchev–Trinajstić information content (AvgIpc) is 3.70. The van der Waals surface area contributed by atoms with Crippen molar-refractivity contribution in [3.63, 3.8) is 0 Å². The van der Waals surface area contributed by atoms with Crippen molar-refractivity contribution in [2.24, 2.45) is 11.8 Å². The quantitative estimate of drug-likeness (QED) is 0.282. The molecule has 13 heteroatoms. The Labute approximate surface area is 219 Å². The van der Waals surface area contributed by atoms with Crippen LogP contribution >= 0.6 is 11.3 Å². The second-order valence-electron chi connectivity index (χ2n) is 10.5. The highest BCUT2D eigenvalue weighted by atomic mass is 32.2. The van der Waals surface area contributed by atoms with E-state index in [1.807, 2.05) is 26.8 Å². The number of pyridine rings is 1. The summed E-state index contributed by atoms with van der Waals surface area (Å²) < 4.78 is 28.0. The van der Waals surface area contributed by atoms with Gasteiger partial charge in [-0.15, -0.1) is 11.3 Å². The van der Waals surface area contributed by atoms with Crippen LogP contribution in [0.3, 0.4) is 0 Å². The van der Waals surface area contributed by atoms with Gasteiger partial charge in [-0.2, -0.15) is 4.98 Å². The molecule has 0 amide bonds. The zero-order chi connectivity index (χ0) is 26.3. The molecule has 0 bridgehead atoms. The number of nitrogens with zero attached hydrogens (tertiary/aromatic N) is 4. The fourth-order valence-corrected chi connectivity index (χ4v) is 8.63. The van der Waals surface area contributed by atoms with E-state index in [0.717, 1.165) is 44.4 Å². The fourth-order valence-electron chi connectivity index (χ4n) is 5.67. The smallest absolute Gasteiger partial charge is 0.224 e. The number of aromatic nitrogens is 4. The minimum Gasteiger partial charge on any atom is -0.388 e. The molecule has 198 valence electrons. The molecular formula is C24H31N7O4S2. The Bertz CT molecular complexity index is 1510. The van der Waals surface area contributed by atoms with Crippen LogP contribution in [-0.2, 0) is 10.0 Å². The van der Waals surface area contributed by atoms with Crippen molar-refractivity contribution in [3.8, 4) is 10.6 Å². The van der Waals surface area contributed by atoms with Crippen LogP contribution < -0.4 is 15.4 Å². The summed E-state index contributed by atoms with van der Waals surface area (Å²) in [5, 5.41) is 28.4. The van der Waals surface area contributed by atoms with Gasteiger partial charge in [0, 0.05) is 18.2 Å². The number of thiazole rings is 1. The fraction of sp³-hybridized carbons (Fsp3) is 0.583. The van der Waals surface area contributed by atoms with Gasteiger partial charge in [0.15, 0.2) is 0 Å². The second kappa shape index (κ2) is 8.53. The molecule has 5 atom stereocenters. The number of aliphatic hydroxyl groups excluding tert-OH is 1. The van der Waals surface area contributed by atoms with Crippen LogP contribution in [0.25, 0.3) is 20.8 Å². The van der Waals surface area contributed by atoms with Crippen LogP contribution in [0.1, 0.15) is 36.3 Å². The molecule has 6 rings (SSSR count). The SMILES string of the molecule is CNS(=O)(=O)C1[C@H]2C[C@@H](Nc3nc(NCC4CC4)nc(C)c3-c3nc4c(C)nc(C)cc4s3)[C@H](O)[C@@]12O. The van der Waals surface area contributed by atoms with Crippen molar-refractivity contribution in [2.45, 2.75) is 63.0 Å². The lowest BCUT2D eigenvalue weighted by atomic mass is 10.1. The highest BCUT2D eigenvalue weighted by molar-refractivity contribution is 7.90. The molecule has 0 aromatic carbocycles. The summed E-state index contributed by atoms with van der Waals surface area (Å²) in [6.07, 6.45) is 1.40. The van der Waals surface area contributed by atoms with E-state index in [4.69, 9.17) is 15.0 Å². The van der Waals surface area contributed by atoms with Gasteiger partial charge in [0.05, 0.1) is 27.7 Å². The van der Waals surface area contributed by atoms with E-state index < -0.39 is 38.9 Å². The second-order valence-corrected chi connectivity index (χ2v) is 13.5. The molecule has 3 fully saturated rings. The van der Waals surface area contributed by atoms with E-state index >= 15 is 0 Å². The Balaban J connectivity index is 1.36. The van der Waals surface area contributed by atoms with Crippen LogP contribution in [0.4, 0.5) is 11.8 Å². The molecule has 3 aliphatic rings. The summed E-state index contributed by atoms with van der Waals surface area (Å²) in [7, 11) is -2.39. The van der Waals surface area contributed by atoms with Crippen molar-refractivity contribution in [1.29, 1.82) is 0 Å². The Hall–Kier alpha value is -2.45. The minimum absolute atomic E-state index is 0.290. The zero-order valence-corrected chi connectivity index (χ0v) is 22.7. The minimum atomic E-state index is -3.71. The van der Waals surface area contributed by atoms with Crippen LogP contribution in [0.15, 0.2) is 6.07 Å². The molecular weight excluding hydrogens is 514 g/mol. The molecule has 5 N–H and O–H groups in total. The first-order valence-electron chi connectivity index (χ1n) is 12.5. The van der Waals surface area contributed by atoms with Crippen molar-refractivity contribution >= 4 is 43.3 Å². The Morgan fingerprint density at radius 2 is 1.89 bits per heavy atom. The molecule has 3 aromatic rings. The van der Waals surface area contributed by atoms with E-state index in [-0.39, 0.29) is 0 Å². The predicted molar refractivity (Wildman–Crippen MR) is 142 cm³/mol. The van der Waals surface area contributed by atoms with Gasteiger partial charge in [0.1, 0.15) is 33.3 Å². The normalized spacial score (nSPS) is 28.9. The lowest BCUT2D eigenvalue weighted by Gasteiger charge is -2.26. The van der Waals surface area contributed by atoms with Gasteiger partial charge in [-0.05, 0) is 59.1 Å². The van der Waals surface area contributed by atoms with E-state index in [0.29, 0.717) is 24.1 Å². The number of hydrogen-bond donors (Lipinski definition) is 5. The maximum atomic E-state index is 12.3. The topological polar surface area (TPSA) is 162 Å². The zero-order valence-electron chi connectivity index (χ0n) is 21.1. The third-order valence-electron chi connectivity index (χ3n) is 7.84. The number of aliphatic hydroxyl groups is 2. The first-order chi connectivity index (χ1) is 17.5. The largest absolute Gasteiger partial charge is 0.388 e. The number of rotatable bonds is 8. The van der Waals surface area contributed by atoms with E-state index in [1.54, 1.807) is 0 Å². The number of anilines is 2. The summed E-state index contributed by atoms with van der Waals surface area (Å²) in [5.74, 6) is 1.05. The van der Waals surface area contributed by atoms with Crippen LogP contribution in [0, 0.1) is 32.6 Å². The highest BCUT2D eigenvalue weighted by Gasteiger charge is 2.78. The summed E-state index contributed by atoms with van der Waals surface area (Å²) in [6, 6.07) is 1.42. The maximum Gasteiger partial charge on any atom is 0.224 e. The molecule has 0 saturated heterocycles. The van der Waals surface area contributed by atoms with Gasteiger partial charge in [-0.3, -0.25) is 4.98 Å². The third kappa shape index (κ3) is 4.07. The molecule has 0 spiro atoms. The summed E-state index contributed by atoms with van der Waals surface area (Å²) in [5.41, 5.74) is 2.34. The number of fused-ring (bicyclic) bond motifs is 2. The average molecular weight is 546 g/mol. The number of aryl methyl sites for hydroxylation is 3. The van der Waals surface area contributed by atoms with E-state index in [9.17, 15) is 18.6 Å². The van der Waals surface area contributed by atoms with Crippen molar-refractivity contribution in [1.82, 2.24) is 24.7 Å². The highest BCUT2D eigenvalue weighted by Crippen LogP contribution is 2.59. The van der Waals surface area contributed by atoms with Gasteiger partial charge in [0.25, 0.3) is 0 Å². The maximum absolute atomic E-state index is 12.3. The third-order valence-corrected chi connectivity index (χ3v) is 10.8. The molecule has 1 unspecified atom stereocenters. The van der Waals surface area contributed by atoms with E-state index in [1.165, 1.54) is 31.2 Å². The molecule has 0 radical (unpaired) electrons. The Kier molecular flexibility index (Phi) is 5.73. The summed E-state index contributed by atoms with van der Waals surface area (Å²) in [6.45, 7) is 6.58. The van der Waals surface area contributed by atoms with Crippen molar-refractivity contribution < 1.29 is 18.6 Å². The van der Waals surface area contributed by atoms with Crippen LogP contribution in [0.5, 0.6) is 0 Å². The van der Waals surface area contributed by atoms with Crippen LogP contribution in [0.2, 0.25) is 0 Å². The van der Waals surface area contributed by atoms with Gasteiger partial charge < -0.3 is 20.8 Å². The monoisotopic (exact) mass is 545 g/mol. The lowest BCUT2D eigenvalue weighted by Crippen LogP contribution is -2.45. The summed E-state index contributed by atoms with van der Waals surface area (Å²) in [4.78, 5) is 18.9. The lowest BCUT2D eigenvalue weighted by molar-refractivity contribution is 0.00547. The Morgan fingerprint density at radius 1 is 1.14 bits per heavy atom. The van der Waals surface area contributed by atoms with Crippen molar-refractivity contribution in [3.05, 3.63) is 23.1 Å². The predicted octanol–water partition coefficient (Wildman–Crippen LogP) is 1.72. The van der Waals surface area contributed by atoms with Crippen molar-refractivity contribution in [2.75, 3.05) is 24.2 Å². The Morgan fingerprint density at radius 3 is 2.54 bits per heavy atom. The molecule has 3 saturated carbocycles. The number of sulfonamides is 1. The molecule has 0 aliphatic heterocycles. The first-order valence-corrected chi connectivity index (χ1v) is 14.9. The van der Waals surface area contributed by atoms with Gasteiger partial charge in [0.2, 0.25) is 16.0 Å². The summed E-state index contributed by atoms with van der Waals surface area (Å²) >= 11 is 1.52. The van der Waals surface area contributed by atoms with Gasteiger partial charge in [-0.1, -0.05) is 0 Å². The molecule has 3 aliphatic carbocycles. The molecule has 11 nitrogen and oxygen atoms in total. The van der Waals surface area contributed by atoms with E-state index in [2.05, 4.69) is 20.3 Å². The number of nitrogens with one attached hydrogen (secondary N) is 3. The first kappa shape index (κ1) is 24.9. The molecule has 37 heavy (non-hydrogen) atoms. The number of hydrogen-bond acceptors (Lipinski definition) is 11. The van der Waals surface area contributed by atoms with Crippen LogP contribution in [-0.4, -0.2) is 75.2 Å². The van der Waals surface area contributed by atoms with Gasteiger partial charge >= 0.3 is 0 Å². The van der Waals surface area contributed by atoms with Gasteiger partial charge in [-0.25, -0.2) is 23.1 Å². The molecule has 3 aromatic heterocycles. The standard InChI is InChI=1S/C24H31N7O4S2/c1-10-7-16-18(12(3)27-10)30-22(36-16)17-11(2)28-23(26-9-13-5-6-13)31-21(17)29-15-8-14-20(37(34,35)25-4)24(14,33)19(15)32/h7,13-15,19-20,25,32-33H,5-6,8-9H2,1-4H3,(H2,26,28,29,31)/t14-,15-,19+,20?,24-/m1/s1.